The number of carbonyl (C=O) groups excluding carboxylic acids is 1. The number of carboxylic acid groups (broad SMARTS) is 1. The number of likely N-dealkylation sites (N-methyl/N-ethyl adjacent to an activating group) is 1. The van der Waals surface area contributed by atoms with Crippen molar-refractivity contribution in [3.63, 3.8) is 0 Å². The molecule has 2 heterocycles. The van der Waals surface area contributed by atoms with Crippen LogP contribution in [0.15, 0.2) is 12.5 Å². The smallest absolute Gasteiger partial charge is 0.311 e. The van der Waals surface area contributed by atoms with E-state index in [9.17, 15) is 9.59 Å². The number of aromatic nitrogens is 2. The van der Waals surface area contributed by atoms with Gasteiger partial charge in [-0.3, -0.25) is 9.59 Å². The Balaban J connectivity index is 2.20. The van der Waals surface area contributed by atoms with Crippen LogP contribution in [-0.4, -0.2) is 57.2 Å². The summed E-state index contributed by atoms with van der Waals surface area (Å²) >= 11 is 0. The summed E-state index contributed by atoms with van der Waals surface area (Å²) in [4.78, 5) is 29.0. The lowest BCUT2D eigenvalue weighted by Crippen LogP contribution is -2.46. The normalized spacial score (nSPS) is 22.4. The summed E-state index contributed by atoms with van der Waals surface area (Å²) < 4.78 is 6.89. The number of imidazole rings is 1. The fourth-order valence-corrected chi connectivity index (χ4v) is 2.29. The Hall–Kier alpha value is -1.89. The van der Waals surface area contributed by atoms with Crippen molar-refractivity contribution in [1.82, 2.24) is 14.5 Å². The first-order chi connectivity index (χ1) is 9.04. The summed E-state index contributed by atoms with van der Waals surface area (Å²) in [5, 5.41) is 9.15. The van der Waals surface area contributed by atoms with Crippen LogP contribution in [0.25, 0.3) is 0 Å². The summed E-state index contributed by atoms with van der Waals surface area (Å²) in [5.74, 6) is -1.87. The van der Waals surface area contributed by atoms with Gasteiger partial charge in [-0.2, -0.15) is 0 Å². The van der Waals surface area contributed by atoms with Crippen LogP contribution in [0.3, 0.4) is 0 Å². The van der Waals surface area contributed by atoms with Gasteiger partial charge in [-0.05, 0) is 6.92 Å². The molecule has 1 N–H and O–H groups in total. The van der Waals surface area contributed by atoms with E-state index >= 15 is 0 Å². The Morgan fingerprint density at radius 3 is 2.84 bits per heavy atom. The minimum atomic E-state index is -0.935. The first kappa shape index (κ1) is 13.5. The van der Waals surface area contributed by atoms with Crippen molar-refractivity contribution in [1.29, 1.82) is 0 Å². The highest BCUT2D eigenvalue weighted by atomic mass is 16.5. The zero-order chi connectivity index (χ0) is 14.0. The maximum atomic E-state index is 12.3. The Bertz CT molecular complexity index is 485. The second-order valence-corrected chi connectivity index (χ2v) is 4.57. The molecule has 1 fully saturated rings. The number of carbonyl (C=O) groups is 2. The molecule has 1 aromatic rings. The predicted octanol–water partition coefficient (Wildman–Crippen LogP) is -0.0182. The maximum absolute atomic E-state index is 12.3. The molecule has 0 radical (unpaired) electrons. The highest BCUT2D eigenvalue weighted by molar-refractivity contribution is 5.92. The van der Waals surface area contributed by atoms with Gasteiger partial charge < -0.3 is 19.3 Å². The molecule has 0 aromatic carbocycles. The van der Waals surface area contributed by atoms with E-state index < -0.39 is 17.9 Å². The van der Waals surface area contributed by atoms with Gasteiger partial charge in [0, 0.05) is 19.8 Å². The zero-order valence-electron chi connectivity index (χ0n) is 10.9. The lowest BCUT2D eigenvalue weighted by molar-refractivity contribution is -0.142. The molecule has 1 amide bonds. The van der Waals surface area contributed by atoms with Crippen molar-refractivity contribution in [3.05, 3.63) is 18.2 Å². The second-order valence-electron chi connectivity index (χ2n) is 4.57. The monoisotopic (exact) mass is 267 g/mol. The first-order valence-electron chi connectivity index (χ1n) is 6.14. The quantitative estimate of drug-likeness (QED) is 0.829. The number of hydrogen-bond donors (Lipinski definition) is 1. The van der Waals surface area contributed by atoms with Crippen molar-refractivity contribution in [3.8, 4) is 0 Å². The lowest BCUT2D eigenvalue weighted by Gasteiger charge is -2.28. The van der Waals surface area contributed by atoms with Gasteiger partial charge in [-0.1, -0.05) is 0 Å². The minimum absolute atomic E-state index is 0.145. The Morgan fingerprint density at radius 2 is 2.32 bits per heavy atom. The molecule has 1 aliphatic heterocycles. The van der Waals surface area contributed by atoms with Crippen molar-refractivity contribution in [2.75, 3.05) is 19.8 Å². The van der Waals surface area contributed by atoms with Crippen LogP contribution in [0.4, 0.5) is 0 Å². The van der Waals surface area contributed by atoms with Gasteiger partial charge in [-0.25, -0.2) is 4.98 Å². The van der Waals surface area contributed by atoms with Crippen LogP contribution in [0, 0.1) is 5.92 Å². The van der Waals surface area contributed by atoms with Crippen LogP contribution in [0.2, 0.25) is 0 Å². The van der Waals surface area contributed by atoms with E-state index in [4.69, 9.17) is 9.84 Å². The molecule has 0 bridgehead atoms. The van der Waals surface area contributed by atoms with E-state index in [1.54, 1.807) is 24.1 Å². The zero-order valence-corrected chi connectivity index (χ0v) is 10.9. The maximum Gasteiger partial charge on any atom is 0.311 e. The molecule has 0 spiro atoms. The van der Waals surface area contributed by atoms with Gasteiger partial charge in [0.15, 0.2) is 0 Å². The number of ether oxygens (including phenoxy) is 1. The molecule has 7 heteroatoms. The number of amides is 1. The third-order valence-electron chi connectivity index (χ3n) is 3.29. The number of aliphatic carboxylic acids is 1. The van der Waals surface area contributed by atoms with Crippen LogP contribution in [-0.2, 0) is 16.6 Å². The summed E-state index contributed by atoms with van der Waals surface area (Å²) in [6.07, 6.45) is 3.16. The SMILES string of the molecule is CCN(C(=O)c1cn(C)cn1)C1COCC1C(=O)O. The number of aryl methyl sites for hydroxylation is 1. The highest BCUT2D eigenvalue weighted by Gasteiger charge is 2.40. The van der Waals surface area contributed by atoms with Crippen molar-refractivity contribution < 1.29 is 19.4 Å². The minimum Gasteiger partial charge on any atom is -0.481 e. The largest absolute Gasteiger partial charge is 0.481 e. The standard InChI is InChI=1S/C12H17N3O4/c1-3-15(10-6-19-5-8(10)12(17)18)11(16)9-4-14(2)7-13-9/h4,7-8,10H,3,5-6H2,1-2H3,(H,17,18). The van der Waals surface area contributed by atoms with E-state index in [1.165, 1.54) is 4.90 Å². The number of hydrogen-bond acceptors (Lipinski definition) is 4. The molecule has 0 aliphatic carbocycles. The van der Waals surface area contributed by atoms with Crippen LogP contribution < -0.4 is 0 Å². The average Bonchev–Trinajstić information content (AvgIpc) is 2.98. The fourth-order valence-electron chi connectivity index (χ4n) is 2.29. The van der Waals surface area contributed by atoms with Gasteiger partial charge in [0.2, 0.25) is 0 Å². The molecule has 2 atom stereocenters. The molecule has 1 aromatic heterocycles. The Morgan fingerprint density at radius 1 is 1.58 bits per heavy atom. The molecule has 1 saturated heterocycles. The number of nitrogens with zero attached hydrogens (tertiary/aromatic N) is 3. The summed E-state index contributed by atoms with van der Waals surface area (Å²) in [5.41, 5.74) is 0.320. The van der Waals surface area contributed by atoms with Gasteiger partial charge >= 0.3 is 5.97 Å². The fraction of sp³-hybridized carbons (Fsp3) is 0.583. The molecule has 19 heavy (non-hydrogen) atoms. The van der Waals surface area contributed by atoms with Crippen molar-refractivity contribution in [2.24, 2.45) is 13.0 Å². The van der Waals surface area contributed by atoms with Crippen molar-refractivity contribution in [2.45, 2.75) is 13.0 Å². The first-order valence-corrected chi connectivity index (χ1v) is 6.14. The average molecular weight is 267 g/mol. The van der Waals surface area contributed by atoms with E-state index in [1.807, 2.05) is 6.92 Å². The van der Waals surface area contributed by atoms with E-state index in [2.05, 4.69) is 4.98 Å². The second kappa shape index (κ2) is 5.40. The predicted molar refractivity (Wildman–Crippen MR) is 65.7 cm³/mol. The highest BCUT2D eigenvalue weighted by Crippen LogP contribution is 2.21. The molecular formula is C12H17N3O4. The van der Waals surface area contributed by atoms with E-state index in [0.717, 1.165) is 0 Å². The van der Waals surface area contributed by atoms with Crippen LogP contribution in [0.1, 0.15) is 17.4 Å². The summed E-state index contributed by atoms with van der Waals surface area (Å²) in [7, 11) is 1.78. The Labute approximate surface area is 110 Å². The van der Waals surface area contributed by atoms with Crippen LogP contribution in [0.5, 0.6) is 0 Å². The lowest BCUT2D eigenvalue weighted by atomic mass is 10.0. The Kier molecular flexibility index (Phi) is 3.84. The third-order valence-corrected chi connectivity index (χ3v) is 3.29. The molecule has 104 valence electrons. The molecule has 2 unspecified atom stereocenters. The molecule has 0 saturated carbocycles. The van der Waals surface area contributed by atoms with Gasteiger partial charge in [0.1, 0.15) is 11.6 Å². The van der Waals surface area contributed by atoms with Gasteiger partial charge in [0.25, 0.3) is 5.91 Å². The van der Waals surface area contributed by atoms with Gasteiger partial charge in [0.05, 0.1) is 25.6 Å². The van der Waals surface area contributed by atoms with Gasteiger partial charge in [-0.15, -0.1) is 0 Å². The molecule has 2 rings (SSSR count). The van der Waals surface area contributed by atoms with Crippen molar-refractivity contribution >= 4 is 11.9 Å². The summed E-state index contributed by atoms with van der Waals surface area (Å²) in [6.45, 7) is 2.64. The summed E-state index contributed by atoms with van der Waals surface area (Å²) in [6, 6.07) is -0.433. The molecule has 7 nitrogen and oxygen atoms in total. The third kappa shape index (κ3) is 2.60. The number of carboxylic acids is 1. The molecule has 1 aliphatic rings. The van der Waals surface area contributed by atoms with E-state index in [0.29, 0.717) is 12.2 Å². The molecular weight excluding hydrogens is 250 g/mol. The topological polar surface area (TPSA) is 84.7 Å². The van der Waals surface area contributed by atoms with Crippen LogP contribution >= 0.6 is 0 Å². The number of rotatable bonds is 4. The van der Waals surface area contributed by atoms with E-state index in [-0.39, 0.29) is 19.1 Å².